The maximum absolute atomic E-state index is 5.93. The van der Waals surface area contributed by atoms with Crippen LogP contribution in [0.15, 0.2) is 0 Å². The third-order valence-corrected chi connectivity index (χ3v) is 4.90. The standard InChI is InChI=1S/C17H36N2O/c1-8-17(9-2)13-19(12-16(6,7)20-10-3)15(11-18-17)14(4)5/h14-15,18H,8-13H2,1-7H3. The molecule has 1 aliphatic heterocycles. The summed E-state index contributed by atoms with van der Waals surface area (Å²) in [7, 11) is 0. The molecule has 3 heteroatoms. The van der Waals surface area contributed by atoms with Crippen LogP contribution >= 0.6 is 0 Å². The molecule has 0 amide bonds. The van der Waals surface area contributed by atoms with E-state index in [4.69, 9.17) is 4.74 Å². The van der Waals surface area contributed by atoms with Crippen molar-refractivity contribution in [3.63, 3.8) is 0 Å². The molecule has 1 rings (SSSR count). The van der Waals surface area contributed by atoms with Crippen molar-refractivity contribution in [2.75, 3.05) is 26.2 Å². The Hall–Kier alpha value is -0.120. The third kappa shape index (κ3) is 4.44. The van der Waals surface area contributed by atoms with Crippen molar-refractivity contribution in [2.24, 2.45) is 5.92 Å². The van der Waals surface area contributed by atoms with Crippen LogP contribution in [0.25, 0.3) is 0 Å². The predicted octanol–water partition coefficient (Wildman–Crippen LogP) is 3.29. The van der Waals surface area contributed by atoms with Gasteiger partial charge in [-0.3, -0.25) is 4.90 Å². The topological polar surface area (TPSA) is 24.5 Å². The average molecular weight is 284 g/mol. The van der Waals surface area contributed by atoms with Gasteiger partial charge in [0.1, 0.15) is 0 Å². The van der Waals surface area contributed by atoms with E-state index in [0.717, 1.165) is 26.2 Å². The van der Waals surface area contributed by atoms with Crippen LogP contribution < -0.4 is 5.32 Å². The Labute approximate surface area is 126 Å². The molecule has 0 aromatic rings. The van der Waals surface area contributed by atoms with E-state index in [1.165, 1.54) is 12.8 Å². The molecule has 20 heavy (non-hydrogen) atoms. The Morgan fingerprint density at radius 3 is 2.30 bits per heavy atom. The SMILES string of the molecule is CCOC(C)(C)CN1CC(CC)(CC)NCC1C(C)C. The van der Waals surface area contributed by atoms with Crippen molar-refractivity contribution in [1.82, 2.24) is 10.2 Å². The summed E-state index contributed by atoms with van der Waals surface area (Å²) >= 11 is 0. The van der Waals surface area contributed by atoms with E-state index in [0.29, 0.717) is 12.0 Å². The summed E-state index contributed by atoms with van der Waals surface area (Å²) in [4.78, 5) is 2.67. The summed E-state index contributed by atoms with van der Waals surface area (Å²) in [5, 5.41) is 3.83. The first-order chi connectivity index (χ1) is 9.29. The molecule has 1 aliphatic rings. The first-order valence-corrected chi connectivity index (χ1v) is 8.42. The molecule has 0 spiro atoms. The highest BCUT2D eigenvalue weighted by molar-refractivity contribution is 4.98. The van der Waals surface area contributed by atoms with Crippen molar-refractivity contribution in [2.45, 2.75) is 78.5 Å². The Morgan fingerprint density at radius 2 is 1.85 bits per heavy atom. The number of ether oxygens (including phenoxy) is 1. The summed E-state index contributed by atoms with van der Waals surface area (Å²) in [6.07, 6.45) is 2.39. The molecule has 0 aromatic heterocycles. The molecule has 0 saturated carbocycles. The Morgan fingerprint density at radius 1 is 1.25 bits per heavy atom. The Balaban J connectivity index is 2.83. The van der Waals surface area contributed by atoms with Gasteiger partial charge in [0, 0.05) is 37.8 Å². The van der Waals surface area contributed by atoms with Crippen LogP contribution in [0.1, 0.15) is 61.3 Å². The van der Waals surface area contributed by atoms with Gasteiger partial charge < -0.3 is 10.1 Å². The lowest BCUT2D eigenvalue weighted by atomic mass is 9.85. The van der Waals surface area contributed by atoms with Crippen molar-refractivity contribution in [3.8, 4) is 0 Å². The average Bonchev–Trinajstić information content (AvgIpc) is 2.37. The first kappa shape index (κ1) is 17.9. The van der Waals surface area contributed by atoms with E-state index in [1.807, 2.05) is 0 Å². The van der Waals surface area contributed by atoms with E-state index in [-0.39, 0.29) is 11.1 Å². The minimum Gasteiger partial charge on any atom is -0.375 e. The van der Waals surface area contributed by atoms with Gasteiger partial charge in [-0.1, -0.05) is 27.7 Å². The van der Waals surface area contributed by atoms with Gasteiger partial charge in [-0.2, -0.15) is 0 Å². The van der Waals surface area contributed by atoms with Gasteiger partial charge in [-0.05, 0) is 39.5 Å². The lowest BCUT2D eigenvalue weighted by Gasteiger charge is -2.50. The zero-order valence-electron chi connectivity index (χ0n) is 14.8. The number of hydrogen-bond acceptors (Lipinski definition) is 3. The van der Waals surface area contributed by atoms with E-state index < -0.39 is 0 Å². The quantitative estimate of drug-likeness (QED) is 0.776. The molecule has 0 aromatic carbocycles. The fraction of sp³-hybridized carbons (Fsp3) is 1.00. The van der Waals surface area contributed by atoms with Gasteiger partial charge in [-0.15, -0.1) is 0 Å². The molecule has 0 aliphatic carbocycles. The van der Waals surface area contributed by atoms with Gasteiger partial charge in [-0.25, -0.2) is 0 Å². The molecule has 0 radical (unpaired) electrons. The molecular formula is C17H36N2O. The molecule has 3 nitrogen and oxygen atoms in total. The predicted molar refractivity (Wildman–Crippen MR) is 87.2 cm³/mol. The molecule has 1 saturated heterocycles. The zero-order valence-corrected chi connectivity index (χ0v) is 14.8. The van der Waals surface area contributed by atoms with Gasteiger partial charge in [0.2, 0.25) is 0 Å². The van der Waals surface area contributed by atoms with Gasteiger partial charge in [0.05, 0.1) is 5.60 Å². The molecule has 1 atom stereocenters. The number of nitrogens with one attached hydrogen (secondary N) is 1. The monoisotopic (exact) mass is 284 g/mol. The summed E-state index contributed by atoms with van der Waals surface area (Å²) in [6.45, 7) is 19.8. The van der Waals surface area contributed by atoms with E-state index in [2.05, 4.69) is 58.7 Å². The maximum atomic E-state index is 5.93. The maximum Gasteiger partial charge on any atom is 0.0752 e. The molecular weight excluding hydrogens is 248 g/mol. The third-order valence-electron chi connectivity index (χ3n) is 4.90. The smallest absolute Gasteiger partial charge is 0.0752 e. The van der Waals surface area contributed by atoms with Gasteiger partial charge >= 0.3 is 0 Å². The normalized spacial score (nSPS) is 24.3. The summed E-state index contributed by atoms with van der Waals surface area (Å²) in [5.74, 6) is 0.673. The highest BCUT2D eigenvalue weighted by Crippen LogP contribution is 2.27. The Kier molecular flexibility index (Phi) is 6.49. The fourth-order valence-corrected chi connectivity index (χ4v) is 3.49. The molecule has 1 N–H and O–H groups in total. The first-order valence-electron chi connectivity index (χ1n) is 8.42. The largest absolute Gasteiger partial charge is 0.375 e. The van der Waals surface area contributed by atoms with Crippen molar-refractivity contribution < 1.29 is 4.74 Å². The van der Waals surface area contributed by atoms with Crippen molar-refractivity contribution in [3.05, 3.63) is 0 Å². The van der Waals surface area contributed by atoms with Crippen molar-refractivity contribution in [1.29, 1.82) is 0 Å². The van der Waals surface area contributed by atoms with Crippen molar-refractivity contribution >= 4 is 0 Å². The van der Waals surface area contributed by atoms with Crippen LogP contribution in [0.4, 0.5) is 0 Å². The van der Waals surface area contributed by atoms with E-state index in [1.54, 1.807) is 0 Å². The van der Waals surface area contributed by atoms with Crippen LogP contribution in [0, 0.1) is 5.92 Å². The second-order valence-electron chi connectivity index (χ2n) is 7.28. The second kappa shape index (κ2) is 7.24. The highest BCUT2D eigenvalue weighted by atomic mass is 16.5. The van der Waals surface area contributed by atoms with Crippen LogP contribution in [0.3, 0.4) is 0 Å². The molecule has 120 valence electrons. The number of rotatable bonds is 7. The molecule has 1 heterocycles. The van der Waals surface area contributed by atoms with Crippen LogP contribution in [-0.4, -0.2) is 48.3 Å². The number of nitrogens with zero attached hydrogens (tertiary/aromatic N) is 1. The van der Waals surface area contributed by atoms with E-state index >= 15 is 0 Å². The minimum atomic E-state index is -0.0630. The molecule has 1 unspecified atom stereocenters. The van der Waals surface area contributed by atoms with Gasteiger partial charge in [0.25, 0.3) is 0 Å². The fourth-order valence-electron chi connectivity index (χ4n) is 3.49. The molecule has 0 bridgehead atoms. The highest BCUT2D eigenvalue weighted by Gasteiger charge is 2.39. The lowest BCUT2D eigenvalue weighted by molar-refractivity contribution is -0.0623. The summed E-state index contributed by atoms with van der Waals surface area (Å²) in [5.41, 5.74) is 0.222. The van der Waals surface area contributed by atoms with Gasteiger partial charge in [0.15, 0.2) is 0 Å². The number of hydrogen-bond donors (Lipinski definition) is 1. The van der Waals surface area contributed by atoms with Crippen LogP contribution in [0.2, 0.25) is 0 Å². The zero-order chi connectivity index (χ0) is 15.4. The number of piperazine rings is 1. The lowest BCUT2D eigenvalue weighted by Crippen LogP contribution is -2.66. The minimum absolute atomic E-state index is 0.0630. The van der Waals surface area contributed by atoms with E-state index in [9.17, 15) is 0 Å². The Bertz CT molecular complexity index is 285. The molecule has 1 fully saturated rings. The summed E-state index contributed by atoms with van der Waals surface area (Å²) in [6, 6.07) is 0.612. The van der Waals surface area contributed by atoms with Crippen LogP contribution in [-0.2, 0) is 4.74 Å². The summed E-state index contributed by atoms with van der Waals surface area (Å²) < 4.78 is 5.93. The second-order valence-corrected chi connectivity index (χ2v) is 7.28. The van der Waals surface area contributed by atoms with Crippen LogP contribution in [0.5, 0.6) is 0 Å².